The minimum absolute atomic E-state index is 0.543. The van der Waals surface area contributed by atoms with Gasteiger partial charge >= 0.3 is 0 Å². The lowest BCUT2D eigenvalue weighted by Gasteiger charge is -2.20. The highest BCUT2D eigenvalue weighted by molar-refractivity contribution is 5.84. The molecule has 0 amide bonds. The first-order chi connectivity index (χ1) is 12.3. The summed E-state index contributed by atoms with van der Waals surface area (Å²) in [6.45, 7) is 2.12. The van der Waals surface area contributed by atoms with Crippen LogP contribution in [0.1, 0.15) is 49.4 Å². The molecule has 1 aromatic carbocycles. The Bertz CT molecular complexity index is 1030. The molecule has 1 aliphatic carbocycles. The van der Waals surface area contributed by atoms with Crippen LogP contribution in [0.25, 0.3) is 27.9 Å². The predicted octanol–water partition coefficient (Wildman–Crippen LogP) is 5.23. The zero-order valence-electron chi connectivity index (χ0n) is 14.5. The van der Waals surface area contributed by atoms with E-state index in [9.17, 15) is 0 Å². The average molecular weight is 330 g/mol. The van der Waals surface area contributed by atoms with Crippen LogP contribution < -0.4 is 0 Å². The maximum atomic E-state index is 5.15. The Hall–Kier alpha value is -2.62. The number of fused-ring (bicyclic) bond motifs is 3. The summed E-state index contributed by atoms with van der Waals surface area (Å²) in [6.07, 6.45) is 10.4. The molecule has 3 aromatic heterocycles. The van der Waals surface area contributed by atoms with Crippen LogP contribution in [-0.2, 0) is 0 Å². The van der Waals surface area contributed by atoms with Gasteiger partial charge in [-0.2, -0.15) is 0 Å². The van der Waals surface area contributed by atoms with Gasteiger partial charge in [-0.3, -0.25) is 4.40 Å². The second-order valence-corrected chi connectivity index (χ2v) is 7.21. The van der Waals surface area contributed by atoms with E-state index in [1.54, 1.807) is 0 Å². The van der Waals surface area contributed by atoms with Gasteiger partial charge in [0.1, 0.15) is 5.82 Å². The number of nitrogens with zero attached hydrogens (tertiary/aromatic N) is 3. The van der Waals surface area contributed by atoms with Crippen LogP contribution in [-0.4, -0.2) is 19.4 Å². The molecule has 25 heavy (non-hydrogen) atoms. The standard InChI is InChI=1S/C21H22N4/c1-14-7-9-15(10-8-14)19-18-13-23-20-17(11-12-22-20)25(18)21(24-19)16-5-3-2-4-6-16/h7-13,16,22H,2-6H2,1H3. The Morgan fingerprint density at radius 2 is 1.80 bits per heavy atom. The van der Waals surface area contributed by atoms with Crippen molar-refractivity contribution in [3.8, 4) is 11.3 Å². The fourth-order valence-corrected chi connectivity index (χ4v) is 4.14. The van der Waals surface area contributed by atoms with Gasteiger partial charge in [0.25, 0.3) is 0 Å². The van der Waals surface area contributed by atoms with E-state index >= 15 is 0 Å². The zero-order valence-corrected chi connectivity index (χ0v) is 14.5. The number of nitrogens with one attached hydrogen (secondary N) is 1. The Labute approximate surface area is 146 Å². The molecule has 4 heteroatoms. The third kappa shape index (κ3) is 2.36. The fraction of sp³-hybridized carbons (Fsp3) is 0.333. The lowest BCUT2D eigenvalue weighted by atomic mass is 9.89. The van der Waals surface area contributed by atoms with E-state index < -0.39 is 0 Å². The first kappa shape index (κ1) is 14.7. The Kier molecular flexibility index (Phi) is 3.37. The SMILES string of the molecule is Cc1ccc(-c2nc(C3CCCCC3)n3c2cnc2[nH]ccc23)cc1. The molecule has 0 bridgehead atoms. The van der Waals surface area contributed by atoms with E-state index in [1.165, 1.54) is 49.1 Å². The first-order valence-corrected chi connectivity index (χ1v) is 9.23. The van der Waals surface area contributed by atoms with Crippen molar-refractivity contribution in [2.45, 2.75) is 44.9 Å². The number of hydrogen-bond acceptors (Lipinski definition) is 2. The van der Waals surface area contributed by atoms with Crippen LogP contribution in [0.2, 0.25) is 0 Å². The topological polar surface area (TPSA) is 46.0 Å². The molecule has 0 unspecified atom stereocenters. The Morgan fingerprint density at radius 1 is 1.00 bits per heavy atom. The van der Waals surface area contributed by atoms with Gasteiger partial charge in [0, 0.05) is 17.7 Å². The predicted molar refractivity (Wildman–Crippen MR) is 101 cm³/mol. The molecule has 0 atom stereocenters. The van der Waals surface area contributed by atoms with Gasteiger partial charge in [-0.1, -0.05) is 49.1 Å². The van der Waals surface area contributed by atoms with Crippen molar-refractivity contribution in [1.29, 1.82) is 0 Å². The van der Waals surface area contributed by atoms with Gasteiger partial charge in [0.2, 0.25) is 0 Å². The monoisotopic (exact) mass is 330 g/mol. The van der Waals surface area contributed by atoms with E-state index in [0.717, 1.165) is 22.4 Å². The molecule has 126 valence electrons. The summed E-state index contributed by atoms with van der Waals surface area (Å²) in [5, 5.41) is 0. The summed E-state index contributed by atoms with van der Waals surface area (Å²) in [7, 11) is 0. The number of rotatable bonds is 2. The van der Waals surface area contributed by atoms with Crippen molar-refractivity contribution < 1.29 is 0 Å². The lowest BCUT2D eigenvalue weighted by Crippen LogP contribution is -2.09. The Balaban J connectivity index is 1.79. The van der Waals surface area contributed by atoms with Crippen LogP contribution in [0.4, 0.5) is 0 Å². The van der Waals surface area contributed by atoms with Crippen LogP contribution in [0.15, 0.2) is 42.7 Å². The first-order valence-electron chi connectivity index (χ1n) is 9.23. The molecular formula is C21H22N4. The van der Waals surface area contributed by atoms with Crippen LogP contribution in [0, 0.1) is 6.92 Å². The molecule has 1 fully saturated rings. The van der Waals surface area contributed by atoms with Crippen molar-refractivity contribution >= 4 is 16.7 Å². The van der Waals surface area contributed by atoms with E-state index in [-0.39, 0.29) is 0 Å². The number of imidazole rings is 1. The van der Waals surface area contributed by atoms with Crippen LogP contribution in [0.5, 0.6) is 0 Å². The molecule has 1 N–H and O–H groups in total. The van der Waals surface area contributed by atoms with Gasteiger partial charge in [-0.15, -0.1) is 0 Å². The summed E-state index contributed by atoms with van der Waals surface area (Å²) in [4.78, 5) is 13.0. The van der Waals surface area contributed by atoms with Gasteiger partial charge in [0.15, 0.2) is 5.65 Å². The molecule has 0 aliphatic heterocycles. The van der Waals surface area contributed by atoms with Crippen LogP contribution >= 0.6 is 0 Å². The fourth-order valence-electron chi connectivity index (χ4n) is 4.14. The smallest absolute Gasteiger partial charge is 0.154 e. The number of H-pyrrole nitrogens is 1. The van der Waals surface area contributed by atoms with E-state index in [1.807, 2.05) is 12.4 Å². The second kappa shape index (κ2) is 5.73. The van der Waals surface area contributed by atoms with E-state index in [2.05, 4.69) is 51.6 Å². The highest BCUT2D eigenvalue weighted by Gasteiger charge is 2.24. The molecule has 0 radical (unpaired) electrons. The molecular weight excluding hydrogens is 308 g/mol. The van der Waals surface area contributed by atoms with Crippen molar-refractivity contribution in [2.24, 2.45) is 0 Å². The van der Waals surface area contributed by atoms with Gasteiger partial charge in [0.05, 0.1) is 22.9 Å². The number of aryl methyl sites for hydroxylation is 1. The van der Waals surface area contributed by atoms with Gasteiger partial charge in [-0.25, -0.2) is 9.97 Å². The van der Waals surface area contributed by atoms with Crippen molar-refractivity contribution in [3.63, 3.8) is 0 Å². The summed E-state index contributed by atoms with van der Waals surface area (Å²) in [6, 6.07) is 10.8. The van der Waals surface area contributed by atoms with Crippen molar-refractivity contribution in [3.05, 3.63) is 54.1 Å². The molecule has 3 heterocycles. The minimum Gasteiger partial charge on any atom is -0.345 e. The summed E-state index contributed by atoms with van der Waals surface area (Å²) < 4.78 is 2.34. The maximum Gasteiger partial charge on any atom is 0.154 e. The minimum atomic E-state index is 0.543. The third-order valence-electron chi connectivity index (χ3n) is 5.50. The number of aromatic nitrogens is 4. The van der Waals surface area contributed by atoms with E-state index in [4.69, 9.17) is 4.98 Å². The van der Waals surface area contributed by atoms with Crippen molar-refractivity contribution in [1.82, 2.24) is 19.4 Å². The van der Waals surface area contributed by atoms with Crippen molar-refractivity contribution in [2.75, 3.05) is 0 Å². The normalized spacial score (nSPS) is 16.0. The number of hydrogen-bond donors (Lipinski definition) is 1. The molecule has 0 spiro atoms. The molecule has 1 saturated carbocycles. The lowest BCUT2D eigenvalue weighted by molar-refractivity contribution is 0.429. The summed E-state index contributed by atoms with van der Waals surface area (Å²) in [5.41, 5.74) is 6.65. The third-order valence-corrected chi connectivity index (χ3v) is 5.50. The summed E-state index contributed by atoms with van der Waals surface area (Å²) in [5.74, 6) is 1.75. The zero-order chi connectivity index (χ0) is 16.8. The second-order valence-electron chi connectivity index (χ2n) is 7.21. The molecule has 1 aliphatic rings. The quantitative estimate of drug-likeness (QED) is 0.547. The average Bonchev–Trinajstić information content (AvgIpc) is 3.27. The molecule has 4 nitrogen and oxygen atoms in total. The molecule has 5 rings (SSSR count). The Morgan fingerprint density at radius 3 is 2.60 bits per heavy atom. The molecule has 0 saturated heterocycles. The number of benzene rings is 1. The van der Waals surface area contributed by atoms with E-state index in [0.29, 0.717) is 5.92 Å². The van der Waals surface area contributed by atoms with Crippen LogP contribution in [0.3, 0.4) is 0 Å². The maximum absolute atomic E-state index is 5.15. The highest BCUT2D eigenvalue weighted by atomic mass is 15.1. The highest BCUT2D eigenvalue weighted by Crippen LogP contribution is 2.36. The summed E-state index contributed by atoms with van der Waals surface area (Å²) >= 11 is 0. The van der Waals surface area contributed by atoms with Gasteiger partial charge in [-0.05, 0) is 25.8 Å². The number of aromatic amines is 1. The largest absolute Gasteiger partial charge is 0.345 e. The van der Waals surface area contributed by atoms with Gasteiger partial charge < -0.3 is 4.98 Å². The molecule has 4 aromatic rings.